The van der Waals surface area contributed by atoms with Crippen LogP contribution in [0.1, 0.15) is 109 Å². The molecule has 34 heavy (non-hydrogen) atoms. The predicted octanol–water partition coefficient (Wildman–Crippen LogP) is 5.28. The Hall–Kier alpha value is -1.10. The second-order valence-electron chi connectivity index (χ2n) is 11.8. The topological polar surface area (TPSA) is 96.9 Å². The summed E-state index contributed by atoms with van der Waals surface area (Å²) in [6.07, 6.45) is 3.45. The highest BCUT2D eigenvalue weighted by molar-refractivity contribution is 7.80. The zero-order valence-electron chi connectivity index (χ0n) is 23.7. The van der Waals surface area contributed by atoms with Crippen molar-refractivity contribution in [2.75, 3.05) is 0 Å². The van der Waals surface area contributed by atoms with Crippen LogP contribution in [0.25, 0.3) is 0 Å². The summed E-state index contributed by atoms with van der Waals surface area (Å²) in [5, 5.41) is 17.3. The third-order valence-corrected chi connectivity index (χ3v) is 6.07. The van der Waals surface area contributed by atoms with E-state index in [9.17, 15) is 0 Å². The van der Waals surface area contributed by atoms with Gasteiger partial charge in [-0.15, -0.1) is 0 Å². The second-order valence-corrected chi connectivity index (χ2v) is 12.6. The van der Waals surface area contributed by atoms with Gasteiger partial charge in [-0.1, -0.05) is 41.5 Å². The molecule has 0 aliphatic carbocycles. The van der Waals surface area contributed by atoms with E-state index < -0.39 is 11.3 Å². The molecule has 2 atom stereocenters. The van der Waals surface area contributed by atoms with Crippen molar-refractivity contribution in [2.45, 2.75) is 131 Å². The number of nitrogens with zero attached hydrogens (tertiary/aromatic N) is 2. The summed E-state index contributed by atoms with van der Waals surface area (Å²) < 4.78 is 0. The van der Waals surface area contributed by atoms with Gasteiger partial charge in [0, 0.05) is 11.1 Å². The Morgan fingerprint density at radius 1 is 0.647 bits per heavy atom. The van der Waals surface area contributed by atoms with Gasteiger partial charge >= 0.3 is 0 Å². The molecule has 0 aliphatic rings. The quantitative estimate of drug-likeness (QED) is 0.105. The molecule has 10 heteroatoms. The van der Waals surface area contributed by atoms with E-state index >= 15 is 0 Å². The zero-order valence-corrected chi connectivity index (χ0v) is 25.3. The lowest BCUT2D eigenvalue weighted by Crippen LogP contribution is -2.58. The van der Waals surface area contributed by atoms with Crippen LogP contribution in [-0.4, -0.2) is 32.6 Å². The van der Waals surface area contributed by atoms with Gasteiger partial charge in [0.05, 0.1) is 0 Å². The fraction of sp³-hybridized carbons (Fsp3) is 0.917. The van der Waals surface area contributed by atoms with Crippen LogP contribution >= 0.6 is 24.4 Å². The van der Waals surface area contributed by atoms with Crippen LogP contribution in [0.15, 0.2) is 10.2 Å². The van der Waals surface area contributed by atoms with Crippen LogP contribution in [0, 0.1) is 11.8 Å². The summed E-state index contributed by atoms with van der Waals surface area (Å²) >= 11 is 11.1. The average Bonchev–Trinajstić information content (AvgIpc) is 2.68. The normalized spacial score (nSPS) is 16.3. The van der Waals surface area contributed by atoms with Gasteiger partial charge in [-0.05, 0) is 103 Å². The molecule has 0 aromatic heterocycles. The Labute approximate surface area is 220 Å². The molecular weight excluding hydrogens is 464 g/mol. The Morgan fingerprint density at radius 3 is 1.18 bits per heavy atom. The zero-order chi connectivity index (χ0) is 26.8. The van der Waals surface area contributed by atoms with Crippen molar-refractivity contribution in [3.63, 3.8) is 0 Å². The van der Waals surface area contributed by atoms with Crippen molar-refractivity contribution in [1.29, 1.82) is 0 Å². The molecule has 2 unspecified atom stereocenters. The summed E-state index contributed by atoms with van der Waals surface area (Å²) in [7, 11) is 0. The van der Waals surface area contributed by atoms with Gasteiger partial charge < -0.3 is 10.6 Å². The molecule has 200 valence electrons. The molecule has 0 aliphatic heterocycles. The Kier molecular flexibility index (Phi) is 13.4. The molecule has 0 aromatic carbocycles. The van der Waals surface area contributed by atoms with E-state index in [0.717, 1.165) is 25.7 Å². The molecule has 0 radical (unpaired) electrons. The van der Waals surface area contributed by atoms with Crippen molar-refractivity contribution < 1.29 is 0 Å². The number of hydrogen-bond acceptors (Lipinski definition) is 6. The molecule has 0 heterocycles. The van der Waals surface area contributed by atoms with Crippen molar-refractivity contribution in [2.24, 2.45) is 22.1 Å². The highest BCUT2D eigenvalue weighted by Crippen LogP contribution is 2.24. The van der Waals surface area contributed by atoms with Gasteiger partial charge in [-0.2, -0.15) is 10.2 Å². The highest BCUT2D eigenvalue weighted by atomic mass is 32.1. The van der Waals surface area contributed by atoms with Gasteiger partial charge in [0.2, 0.25) is 0 Å². The Balaban J connectivity index is 5.58. The van der Waals surface area contributed by atoms with E-state index in [1.807, 2.05) is 13.8 Å². The molecule has 0 saturated heterocycles. The lowest BCUT2D eigenvalue weighted by molar-refractivity contribution is 0.275. The summed E-state index contributed by atoms with van der Waals surface area (Å²) in [5.41, 5.74) is 11.3. The van der Waals surface area contributed by atoms with Crippen molar-refractivity contribution >= 4 is 34.7 Å². The fourth-order valence-electron chi connectivity index (χ4n) is 3.22. The maximum absolute atomic E-state index is 5.56. The third-order valence-electron chi connectivity index (χ3n) is 5.67. The molecule has 6 N–H and O–H groups in total. The molecule has 0 aromatic rings. The maximum atomic E-state index is 5.56. The van der Waals surface area contributed by atoms with Gasteiger partial charge in [0.25, 0.3) is 0 Å². The predicted molar refractivity (Wildman–Crippen MR) is 153 cm³/mol. The monoisotopic (exact) mass is 516 g/mol. The highest BCUT2D eigenvalue weighted by Gasteiger charge is 2.31. The first kappa shape index (κ1) is 32.9. The number of azo groups is 1. The molecule has 8 nitrogen and oxygen atoms in total. The van der Waals surface area contributed by atoms with Crippen molar-refractivity contribution in [3.8, 4) is 0 Å². The number of rotatable bonds is 14. The van der Waals surface area contributed by atoms with E-state index in [1.165, 1.54) is 0 Å². The molecule has 0 rings (SSSR count). The van der Waals surface area contributed by atoms with Crippen LogP contribution < -0.4 is 32.3 Å². The molecule has 0 amide bonds. The smallest absolute Gasteiger partial charge is 0.182 e. The van der Waals surface area contributed by atoms with E-state index in [-0.39, 0.29) is 11.1 Å². The lowest BCUT2D eigenvalue weighted by Gasteiger charge is -2.34. The minimum Gasteiger partial charge on any atom is -0.336 e. The van der Waals surface area contributed by atoms with Gasteiger partial charge in [-0.3, -0.25) is 10.9 Å². The largest absolute Gasteiger partial charge is 0.336 e. The van der Waals surface area contributed by atoms with Crippen LogP contribution in [0.2, 0.25) is 0 Å². The van der Waals surface area contributed by atoms with E-state index in [0.29, 0.717) is 22.1 Å². The first-order valence-electron chi connectivity index (χ1n) is 12.5. The van der Waals surface area contributed by atoms with Crippen LogP contribution in [0.4, 0.5) is 0 Å². The lowest BCUT2D eigenvalue weighted by atomic mass is 9.99. The molecule has 0 fully saturated rings. The molecule has 0 bridgehead atoms. The van der Waals surface area contributed by atoms with E-state index in [2.05, 4.69) is 102 Å². The van der Waals surface area contributed by atoms with Crippen LogP contribution in [0.3, 0.4) is 0 Å². The Bertz CT molecular complexity index is 622. The van der Waals surface area contributed by atoms with Crippen molar-refractivity contribution in [1.82, 2.24) is 32.3 Å². The minimum absolute atomic E-state index is 0.0788. The second kappa shape index (κ2) is 13.8. The number of hydrogen-bond donors (Lipinski definition) is 6. The Morgan fingerprint density at radius 2 is 0.941 bits per heavy atom. The van der Waals surface area contributed by atoms with Crippen LogP contribution in [-0.2, 0) is 0 Å². The van der Waals surface area contributed by atoms with Gasteiger partial charge in [0.15, 0.2) is 10.2 Å². The minimum atomic E-state index is -0.673. The summed E-state index contributed by atoms with van der Waals surface area (Å²) in [4.78, 5) is 0. The third kappa shape index (κ3) is 14.3. The summed E-state index contributed by atoms with van der Waals surface area (Å²) in [6.45, 7) is 25.4. The fourth-order valence-corrected chi connectivity index (χ4v) is 3.77. The van der Waals surface area contributed by atoms with Crippen LogP contribution in [0.5, 0.6) is 0 Å². The molecular formula is C24H52N8S2. The average molecular weight is 517 g/mol. The summed E-state index contributed by atoms with van der Waals surface area (Å²) in [5.74, 6) is 0.790. The van der Waals surface area contributed by atoms with E-state index in [4.69, 9.17) is 34.7 Å². The van der Waals surface area contributed by atoms with Crippen molar-refractivity contribution in [3.05, 3.63) is 0 Å². The first-order valence-corrected chi connectivity index (χ1v) is 13.3. The SMILES string of the molecule is CCC(C)(C)NNC(=S)NC(C)(CC(C)C)N=NC(C)(CC(C)C)NC(=S)NNC(C)(C)CC. The van der Waals surface area contributed by atoms with Gasteiger partial charge in [-0.25, -0.2) is 10.9 Å². The summed E-state index contributed by atoms with van der Waals surface area (Å²) in [6, 6.07) is 0. The van der Waals surface area contributed by atoms with E-state index in [1.54, 1.807) is 0 Å². The number of nitrogens with one attached hydrogen (secondary N) is 6. The molecule has 0 spiro atoms. The maximum Gasteiger partial charge on any atom is 0.182 e. The van der Waals surface area contributed by atoms with Gasteiger partial charge in [0.1, 0.15) is 11.3 Å². The number of hydrazine groups is 2. The molecule has 0 saturated carbocycles. The first-order chi connectivity index (χ1) is 15.4. The standard InChI is InChI=1S/C24H52N8S2/c1-13-21(7,8)29-27-19(33)25-23(11,15-17(3)4)31-32-24(12,16-18(5)6)26-20(34)28-30-22(9,10)14-2/h17-18,29-30H,13-16H2,1-12H3,(H2,25,27,33)(H2,26,28,34). The number of thiocarbonyl (C=S) groups is 2.